The molecule has 1 unspecified atom stereocenters. The smallest absolute Gasteiger partial charge is 0.263 e. The van der Waals surface area contributed by atoms with Gasteiger partial charge in [0.25, 0.3) is 5.91 Å². The Kier molecular flexibility index (Phi) is 7.95. The number of aliphatic hydroxyl groups excluding tert-OH is 1. The van der Waals surface area contributed by atoms with Gasteiger partial charge in [0.1, 0.15) is 0 Å². The third kappa shape index (κ3) is 5.24. The third-order valence-corrected chi connectivity index (χ3v) is 8.03. The maximum Gasteiger partial charge on any atom is 0.263 e. The molecule has 1 N–H and O–H groups in total. The first kappa shape index (κ1) is 27.6. The van der Waals surface area contributed by atoms with Crippen LogP contribution in [0.25, 0.3) is 10.8 Å². The van der Waals surface area contributed by atoms with Crippen molar-refractivity contribution in [2.24, 2.45) is 5.92 Å². The molecule has 1 aliphatic heterocycles. The van der Waals surface area contributed by atoms with Gasteiger partial charge in [0.15, 0.2) is 0 Å². The zero-order chi connectivity index (χ0) is 29.1. The molecule has 6 rings (SSSR count). The molecule has 0 spiro atoms. The van der Waals surface area contributed by atoms with Crippen LogP contribution in [-0.2, 0) is 11.3 Å². The summed E-state index contributed by atoms with van der Waals surface area (Å²) in [6.45, 7) is 2.81. The number of benzene rings is 4. The van der Waals surface area contributed by atoms with Crippen LogP contribution >= 0.6 is 0 Å². The number of nitrogens with zero attached hydrogens (tertiary/aromatic N) is 4. The molecule has 1 amide bonds. The number of ether oxygens (including phenoxy) is 1. The van der Waals surface area contributed by atoms with Crippen LogP contribution in [0.1, 0.15) is 52.5 Å². The molecule has 0 saturated heterocycles. The molecule has 42 heavy (non-hydrogen) atoms. The Hall–Kier alpha value is -4.59. The van der Waals surface area contributed by atoms with Gasteiger partial charge in [-0.05, 0) is 47.2 Å². The van der Waals surface area contributed by atoms with Gasteiger partial charge in [0.05, 0.1) is 35.6 Å². The molecule has 3 atom stereocenters. The number of carbonyl (C=O) groups is 1. The lowest BCUT2D eigenvalue weighted by Gasteiger charge is -2.22. The van der Waals surface area contributed by atoms with E-state index in [4.69, 9.17) is 4.74 Å². The Labute approximate surface area is 245 Å². The summed E-state index contributed by atoms with van der Waals surface area (Å²) < 4.78 is 7.72. The van der Waals surface area contributed by atoms with E-state index in [1.807, 2.05) is 102 Å². The van der Waals surface area contributed by atoms with Crippen molar-refractivity contribution in [1.82, 2.24) is 15.0 Å². The van der Waals surface area contributed by atoms with Crippen LogP contribution in [0.5, 0.6) is 0 Å². The van der Waals surface area contributed by atoms with Crippen molar-refractivity contribution >= 4 is 28.1 Å². The van der Waals surface area contributed by atoms with Crippen LogP contribution in [0.2, 0.25) is 0 Å². The SMILES string of the molecule is CO[C@@H](c1ccc(N2C(=O)c3cccc4cccc2c34)cc1)[C@@H](C)/C=C/CCn1cc(C(CO)c2ccccc2)nn1. The zero-order valence-corrected chi connectivity index (χ0v) is 23.8. The molecule has 0 saturated carbocycles. The molecular formula is C35H34N4O3. The van der Waals surface area contributed by atoms with Crippen LogP contribution in [0.15, 0.2) is 109 Å². The van der Waals surface area contributed by atoms with Gasteiger partial charge < -0.3 is 9.84 Å². The van der Waals surface area contributed by atoms with Gasteiger partial charge in [-0.3, -0.25) is 14.4 Å². The van der Waals surface area contributed by atoms with Gasteiger partial charge >= 0.3 is 0 Å². The number of aromatic nitrogens is 3. The number of aliphatic hydroxyl groups is 1. The molecule has 212 valence electrons. The van der Waals surface area contributed by atoms with E-state index in [1.165, 1.54) is 0 Å². The van der Waals surface area contributed by atoms with Gasteiger partial charge in [0.2, 0.25) is 0 Å². The van der Waals surface area contributed by atoms with Gasteiger partial charge in [-0.1, -0.05) is 91.0 Å². The number of hydrogen-bond donors (Lipinski definition) is 1. The predicted octanol–water partition coefficient (Wildman–Crippen LogP) is 6.82. The second-order valence-corrected chi connectivity index (χ2v) is 10.7. The Morgan fingerprint density at radius 2 is 1.69 bits per heavy atom. The van der Waals surface area contributed by atoms with Crippen molar-refractivity contribution in [3.8, 4) is 0 Å². The predicted molar refractivity (Wildman–Crippen MR) is 165 cm³/mol. The van der Waals surface area contributed by atoms with Crippen LogP contribution in [-0.4, -0.2) is 39.7 Å². The van der Waals surface area contributed by atoms with E-state index in [-0.39, 0.29) is 30.5 Å². The van der Waals surface area contributed by atoms with Gasteiger partial charge in [-0.15, -0.1) is 5.10 Å². The Morgan fingerprint density at radius 1 is 0.929 bits per heavy atom. The number of methoxy groups -OCH3 is 1. The summed E-state index contributed by atoms with van der Waals surface area (Å²) >= 11 is 0. The lowest BCUT2D eigenvalue weighted by molar-refractivity contribution is 0.0741. The minimum Gasteiger partial charge on any atom is -0.395 e. The average Bonchev–Trinajstić information content (AvgIpc) is 3.60. The maximum absolute atomic E-state index is 13.3. The summed E-state index contributed by atoms with van der Waals surface area (Å²) in [5, 5.41) is 20.6. The summed E-state index contributed by atoms with van der Waals surface area (Å²) in [6.07, 6.45) is 6.89. The highest BCUT2D eigenvalue weighted by Gasteiger charge is 2.31. The van der Waals surface area contributed by atoms with E-state index in [9.17, 15) is 9.90 Å². The standard InChI is InChI=1S/C35H34N4O3/c1-24(10-6-7-21-38-22-31(36-37-38)30(23-40)25-11-4-3-5-12-25)34(42-2)27-17-19-28(20-18-27)39-32-16-9-14-26-13-8-15-29(33(26)32)35(39)41/h3-6,8-20,22,24,30,34,40H,7,21,23H2,1-2H3/b10-6+/t24-,30?,34+/m0/s1. The monoisotopic (exact) mass is 558 g/mol. The van der Waals surface area contributed by atoms with Crippen molar-refractivity contribution in [1.29, 1.82) is 0 Å². The lowest BCUT2D eigenvalue weighted by Crippen LogP contribution is -2.21. The topological polar surface area (TPSA) is 80.5 Å². The van der Waals surface area contributed by atoms with Crippen molar-refractivity contribution in [3.63, 3.8) is 0 Å². The van der Waals surface area contributed by atoms with E-state index in [0.717, 1.165) is 51.0 Å². The zero-order valence-electron chi connectivity index (χ0n) is 23.8. The minimum atomic E-state index is -0.183. The average molecular weight is 559 g/mol. The molecule has 0 radical (unpaired) electrons. The van der Waals surface area contributed by atoms with Gasteiger partial charge in [-0.2, -0.15) is 0 Å². The number of hydrogen-bond acceptors (Lipinski definition) is 5. The first-order chi connectivity index (χ1) is 20.6. The number of amides is 1. The Balaban J connectivity index is 1.09. The number of allylic oxidation sites excluding steroid dienone is 1. The number of anilines is 2. The van der Waals surface area contributed by atoms with Crippen molar-refractivity contribution in [2.45, 2.75) is 31.9 Å². The summed E-state index contributed by atoms with van der Waals surface area (Å²) in [4.78, 5) is 15.1. The van der Waals surface area contributed by atoms with Crippen LogP contribution in [0.4, 0.5) is 11.4 Å². The second-order valence-electron chi connectivity index (χ2n) is 10.7. The van der Waals surface area contributed by atoms with E-state index in [2.05, 4.69) is 29.4 Å². The second kappa shape index (κ2) is 12.1. The quantitative estimate of drug-likeness (QED) is 0.180. The number of carbonyl (C=O) groups excluding carboxylic acids is 1. The normalized spacial score (nSPS) is 15.0. The molecule has 7 nitrogen and oxygen atoms in total. The Morgan fingerprint density at radius 3 is 2.43 bits per heavy atom. The van der Waals surface area contributed by atoms with E-state index >= 15 is 0 Å². The van der Waals surface area contributed by atoms with E-state index in [0.29, 0.717) is 6.54 Å². The molecule has 0 bridgehead atoms. The van der Waals surface area contributed by atoms with Gasteiger partial charge in [0, 0.05) is 36.8 Å². The van der Waals surface area contributed by atoms with Crippen molar-refractivity contribution in [2.75, 3.05) is 18.6 Å². The van der Waals surface area contributed by atoms with Gasteiger partial charge in [-0.25, -0.2) is 0 Å². The maximum atomic E-state index is 13.3. The molecule has 5 aromatic rings. The van der Waals surface area contributed by atoms with E-state index in [1.54, 1.807) is 12.0 Å². The molecule has 2 heterocycles. The first-order valence-electron chi connectivity index (χ1n) is 14.3. The van der Waals surface area contributed by atoms with Crippen molar-refractivity contribution < 1.29 is 14.6 Å². The summed E-state index contributed by atoms with van der Waals surface area (Å²) in [5.74, 6) is -0.0482. The summed E-state index contributed by atoms with van der Waals surface area (Å²) in [6, 6.07) is 29.9. The molecule has 4 aromatic carbocycles. The van der Waals surface area contributed by atoms with Crippen LogP contribution in [0, 0.1) is 5.92 Å². The highest BCUT2D eigenvalue weighted by Crippen LogP contribution is 2.42. The molecule has 1 aliphatic rings. The fourth-order valence-corrected chi connectivity index (χ4v) is 5.90. The van der Waals surface area contributed by atoms with Crippen molar-refractivity contribution in [3.05, 3.63) is 132 Å². The molecule has 1 aromatic heterocycles. The van der Waals surface area contributed by atoms with Crippen LogP contribution in [0.3, 0.4) is 0 Å². The first-order valence-corrected chi connectivity index (χ1v) is 14.3. The molecular weight excluding hydrogens is 524 g/mol. The fraction of sp³-hybridized carbons (Fsp3) is 0.229. The largest absolute Gasteiger partial charge is 0.395 e. The number of rotatable bonds is 11. The van der Waals surface area contributed by atoms with Crippen LogP contribution < -0.4 is 4.90 Å². The van der Waals surface area contributed by atoms with E-state index < -0.39 is 0 Å². The number of aryl methyl sites for hydroxylation is 1. The molecule has 0 fully saturated rings. The highest BCUT2D eigenvalue weighted by atomic mass is 16.5. The lowest BCUT2D eigenvalue weighted by atomic mass is 9.96. The Bertz CT molecular complexity index is 1710. The highest BCUT2D eigenvalue weighted by molar-refractivity contribution is 6.27. The minimum absolute atomic E-state index is 0.000549. The summed E-state index contributed by atoms with van der Waals surface area (Å²) in [5.41, 5.74) is 5.35. The molecule has 7 heteroatoms. The third-order valence-electron chi connectivity index (χ3n) is 8.03. The molecule has 0 aliphatic carbocycles. The fourth-order valence-electron chi connectivity index (χ4n) is 5.90. The summed E-state index contributed by atoms with van der Waals surface area (Å²) in [7, 11) is 1.73.